The van der Waals surface area contributed by atoms with Crippen molar-refractivity contribution in [3.63, 3.8) is 0 Å². The van der Waals surface area contributed by atoms with Gasteiger partial charge in [0.25, 0.3) is 0 Å². The van der Waals surface area contributed by atoms with E-state index in [0.717, 1.165) is 5.46 Å². The molecule has 0 unspecified atom stereocenters. The summed E-state index contributed by atoms with van der Waals surface area (Å²) in [4.78, 5) is 0. The maximum absolute atomic E-state index is 12.7. The Kier molecular flexibility index (Phi) is 1.95. The minimum absolute atomic E-state index is 0.297. The van der Waals surface area contributed by atoms with Crippen molar-refractivity contribution in [2.45, 2.75) is 0 Å². The lowest BCUT2D eigenvalue weighted by Gasteiger charge is -2.00. The van der Waals surface area contributed by atoms with Crippen molar-refractivity contribution in [3.8, 4) is 5.75 Å². The first-order chi connectivity index (χ1) is 4.74. The number of hydrogen-bond acceptors (Lipinski definition) is 1. The van der Waals surface area contributed by atoms with Gasteiger partial charge in [0.2, 0.25) is 0 Å². The number of hydrogen-bond donors (Lipinski definition) is 0. The van der Waals surface area contributed by atoms with E-state index in [9.17, 15) is 4.39 Å². The molecule has 0 saturated carbocycles. The maximum atomic E-state index is 12.7. The van der Waals surface area contributed by atoms with Crippen LogP contribution in [0.4, 0.5) is 4.39 Å². The minimum atomic E-state index is -0.303. The molecule has 0 aliphatic rings. The Balaban J connectivity index is 3.07. The quantitative estimate of drug-likeness (QED) is 0.499. The fraction of sp³-hybridized carbons (Fsp3) is 0.143. The van der Waals surface area contributed by atoms with E-state index in [1.807, 2.05) is 13.9 Å². The minimum Gasteiger partial charge on any atom is -0.494 e. The molecule has 1 rings (SSSR count). The zero-order valence-electron chi connectivity index (χ0n) is 6.02. The smallest absolute Gasteiger partial charge is 0.164 e. The van der Waals surface area contributed by atoms with Crippen LogP contribution in [-0.4, -0.2) is 15.0 Å². The van der Waals surface area contributed by atoms with Crippen molar-refractivity contribution in [1.29, 1.82) is 0 Å². The van der Waals surface area contributed by atoms with Crippen LogP contribution in [0.15, 0.2) is 18.2 Å². The average Bonchev–Trinajstić information content (AvgIpc) is 1.88. The van der Waals surface area contributed by atoms with Gasteiger partial charge in [-0.25, -0.2) is 4.39 Å². The molecule has 0 spiro atoms. The molecular weight excluding hydrogens is 130 g/mol. The molecule has 1 nitrogen and oxygen atoms in total. The monoisotopic (exact) mass is 138 g/mol. The molecule has 0 fully saturated rings. The van der Waals surface area contributed by atoms with Crippen LogP contribution in [0.2, 0.25) is 0 Å². The van der Waals surface area contributed by atoms with E-state index in [1.165, 1.54) is 13.2 Å². The first-order valence-corrected chi connectivity index (χ1v) is 3.04. The molecule has 10 heavy (non-hydrogen) atoms. The Morgan fingerprint density at radius 2 is 2.20 bits per heavy atom. The van der Waals surface area contributed by atoms with E-state index in [4.69, 9.17) is 4.74 Å². The van der Waals surface area contributed by atoms with Crippen LogP contribution in [0.5, 0.6) is 5.75 Å². The van der Waals surface area contributed by atoms with E-state index in [0.29, 0.717) is 5.75 Å². The Hall–Kier alpha value is -0.985. The van der Waals surface area contributed by atoms with Crippen LogP contribution in [0.3, 0.4) is 0 Å². The van der Waals surface area contributed by atoms with Crippen LogP contribution in [0.25, 0.3) is 0 Å². The molecule has 0 heterocycles. The largest absolute Gasteiger partial charge is 0.494 e. The van der Waals surface area contributed by atoms with Crippen molar-refractivity contribution < 1.29 is 9.13 Å². The molecular formula is C7H8BFO. The maximum Gasteiger partial charge on any atom is 0.164 e. The second-order valence-electron chi connectivity index (χ2n) is 2.14. The summed E-state index contributed by atoms with van der Waals surface area (Å²) in [7, 11) is 3.29. The van der Waals surface area contributed by atoms with E-state index in [-0.39, 0.29) is 5.82 Å². The third-order valence-electron chi connectivity index (χ3n) is 1.31. The normalized spacial score (nSPS) is 9.40. The highest BCUT2D eigenvalue weighted by Crippen LogP contribution is 2.12. The van der Waals surface area contributed by atoms with Gasteiger partial charge in [-0.2, -0.15) is 0 Å². The number of halogens is 1. The number of methoxy groups -OCH3 is 1. The lowest BCUT2D eigenvalue weighted by atomic mass is 9.96. The summed E-state index contributed by atoms with van der Waals surface area (Å²) in [6.45, 7) is 0. The average molecular weight is 138 g/mol. The van der Waals surface area contributed by atoms with Crippen LogP contribution in [-0.2, 0) is 0 Å². The predicted octanol–water partition coefficient (Wildman–Crippen LogP) is 0.0927. The molecule has 0 atom stereocenters. The predicted molar refractivity (Wildman–Crippen MR) is 41.1 cm³/mol. The summed E-state index contributed by atoms with van der Waals surface area (Å²) in [5, 5.41) is 0. The van der Waals surface area contributed by atoms with Crippen molar-refractivity contribution in [1.82, 2.24) is 0 Å². The highest BCUT2D eigenvalue weighted by Gasteiger charge is 1.98. The summed E-state index contributed by atoms with van der Waals surface area (Å²) in [5.41, 5.74) is 0.901. The molecule has 0 N–H and O–H groups in total. The topological polar surface area (TPSA) is 9.23 Å². The number of rotatable bonds is 1. The van der Waals surface area contributed by atoms with E-state index >= 15 is 0 Å². The van der Waals surface area contributed by atoms with Gasteiger partial charge in [0.1, 0.15) is 7.85 Å². The van der Waals surface area contributed by atoms with Gasteiger partial charge in [-0.1, -0.05) is 11.5 Å². The van der Waals surface area contributed by atoms with Crippen molar-refractivity contribution >= 4 is 13.3 Å². The third kappa shape index (κ3) is 1.29. The van der Waals surface area contributed by atoms with Crippen molar-refractivity contribution in [3.05, 3.63) is 24.0 Å². The van der Waals surface area contributed by atoms with Crippen molar-refractivity contribution in [2.24, 2.45) is 0 Å². The molecule has 1 aromatic rings. The molecule has 0 radical (unpaired) electrons. The Labute approximate surface area is 60.2 Å². The van der Waals surface area contributed by atoms with Gasteiger partial charge in [0.05, 0.1) is 7.11 Å². The third-order valence-corrected chi connectivity index (χ3v) is 1.31. The number of benzene rings is 1. The fourth-order valence-corrected chi connectivity index (χ4v) is 0.771. The lowest BCUT2D eigenvalue weighted by Crippen LogP contribution is -2.02. The second-order valence-corrected chi connectivity index (χ2v) is 2.14. The van der Waals surface area contributed by atoms with Crippen molar-refractivity contribution in [2.75, 3.05) is 7.11 Å². The molecule has 3 heteroatoms. The second kappa shape index (κ2) is 2.73. The van der Waals surface area contributed by atoms with Crippen LogP contribution < -0.4 is 10.2 Å². The van der Waals surface area contributed by atoms with Gasteiger partial charge in [-0.3, -0.25) is 0 Å². The molecule has 0 aliphatic carbocycles. The highest BCUT2D eigenvalue weighted by molar-refractivity contribution is 6.32. The molecule has 0 aromatic heterocycles. The highest BCUT2D eigenvalue weighted by atomic mass is 19.1. The molecule has 0 saturated heterocycles. The molecule has 0 amide bonds. The Bertz CT molecular complexity index is 237. The SMILES string of the molecule is Bc1ccc(OC)c(F)c1. The summed E-state index contributed by atoms with van der Waals surface area (Å²) >= 11 is 0. The van der Waals surface area contributed by atoms with E-state index in [1.54, 1.807) is 6.07 Å². The van der Waals surface area contributed by atoms with Gasteiger partial charge in [-0.15, -0.1) is 0 Å². The standard InChI is InChI=1S/C7H8BFO/c1-10-7-3-2-5(8)4-6(7)9/h2-4H,8H2,1H3. The summed E-state index contributed by atoms with van der Waals surface area (Å²) < 4.78 is 17.5. The summed E-state index contributed by atoms with van der Waals surface area (Å²) in [5.74, 6) is -0.00639. The zero-order valence-corrected chi connectivity index (χ0v) is 6.02. The molecule has 0 bridgehead atoms. The van der Waals surface area contributed by atoms with Gasteiger partial charge in [-0.05, 0) is 12.1 Å². The number of ether oxygens (including phenoxy) is 1. The Morgan fingerprint density at radius 1 is 1.50 bits per heavy atom. The first kappa shape index (κ1) is 7.13. The molecule has 1 aromatic carbocycles. The zero-order chi connectivity index (χ0) is 7.56. The fourth-order valence-electron chi connectivity index (χ4n) is 0.771. The van der Waals surface area contributed by atoms with Gasteiger partial charge < -0.3 is 4.74 Å². The van der Waals surface area contributed by atoms with Crippen LogP contribution in [0.1, 0.15) is 0 Å². The van der Waals surface area contributed by atoms with Crippen LogP contribution in [0, 0.1) is 5.82 Å². The van der Waals surface area contributed by atoms with Gasteiger partial charge >= 0.3 is 0 Å². The molecule has 52 valence electrons. The van der Waals surface area contributed by atoms with Crippen LogP contribution >= 0.6 is 0 Å². The van der Waals surface area contributed by atoms with E-state index in [2.05, 4.69) is 0 Å². The van der Waals surface area contributed by atoms with E-state index < -0.39 is 0 Å². The summed E-state index contributed by atoms with van der Waals surface area (Å²) in [6, 6.07) is 4.87. The summed E-state index contributed by atoms with van der Waals surface area (Å²) in [6.07, 6.45) is 0. The lowest BCUT2D eigenvalue weighted by molar-refractivity contribution is 0.387. The van der Waals surface area contributed by atoms with Gasteiger partial charge in [0.15, 0.2) is 11.6 Å². The van der Waals surface area contributed by atoms with Gasteiger partial charge in [0, 0.05) is 0 Å². The Morgan fingerprint density at radius 3 is 2.70 bits per heavy atom. The first-order valence-electron chi connectivity index (χ1n) is 3.04. The molecule has 0 aliphatic heterocycles.